The number of nitrogens with two attached hydrogens (primary N) is 1. The number of nitrogens with one attached hydrogen (secondary N) is 2. The van der Waals surface area contributed by atoms with Gasteiger partial charge in [-0.15, -0.1) is 12.4 Å². The van der Waals surface area contributed by atoms with Gasteiger partial charge in [-0.25, -0.2) is 4.39 Å². The van der Waals surface area contributed by atoms with Crippen molar-refractivity contribution in [3.05, 3.63) is 143 Å². The molecule has 0 fully saturated rings. The van der Waals surface area contributed by atoms with Crippen LogP contribution in [0.4, 0.5) is 4.39 Å². The predicted molar refractivity (Wildman–Crippen MR) is 184 cm³/mol. The zero-order valence-electron chi connectivity index (χ0n) is 25.1. The number of hydrogen-bond acceptors (Lipinski definition) is 4. The normalized spacial score (nSPS) is 11.2. The standard InChI is InChI=1S/C37H33ClFN3O3.ClH/c1-24(36(43)41-19-18-27-11-5-6-13-34(27)39)42-37(44)32-16-14-28(26-9-3-2-4-10-26)21-33(32)31-17-15-29(38)22-35(31)45-30-12-7-8-25(20-30)23-40;/h2-17,20-22,24H,18-19,23,40H2,1H3,(H,41,43)(H,42,44);1H. The molecule has 2 amide bonds. The van der Waals surface area contributed by atoms with Gasteiger partial charge >= 0.3 is 0 Å². The lowest BCUT2D eigenvalue weighted by atomic mass is 9.93. The molecule has 5 aromatic carbocycles. The molecule has 9 heteroatoms. The summed E-state index contributed by atoms with van der Waals surface area (Å²) in [5.41, 5.74) is 10.7. The summed E-state index contributed by atoms with van der Waals surface area (Å²) >= 11 is 6.41. The highest BCUT2D eigenvalue weighted by molar-refractivity contribution is 6.30. The van der Waals surface area contributed by atoms with Crippen LogP contribution in [0.1, 0.15) is 28.4 Å². The van der Waals surface area contributed by atoms with Crippen molar-refractivity contribution >= 4 is 35.8 Å². The molecule has 5 aromatic rings. The van der Waals surface area contributed by atoms with Crippen LogP contribution in [0, 0.1) is 5.82 Å². The van der Waals surface area contributed by atoms with Crippen LogP contribution in [0.5, 0.6) is 11.5 Å². The van der Waals surface area contributed by atoms with Gasteiger partial charge in [-0.2, -0.15) is 0 Å². The van der Waals surface area contributed by atoms with E-state index in [2.05, 4.69) is 10.6 Å². The van der Waals surface area contributed by atoms with E-state index in [9.17, 15) is 14.0 Å². The number of amides is 2. The van der Waals surface area contributed by atoms with Crippen molar-refractivity contribution in [1.29, 1.82) is 0 Å². The molecular formula is C37H34Cl2FN3O3. The smallest absolute Gasteiger partial charge is 0.252 e. The molecule has 0 heterocycles. The molecule has 236 valence electrons. The van der Waals surface area contributed by atoms with E-state index in [1.165, 1.54) is 6.07 Å². The Bertz CT molecular complexity index is 1820. The van der Waals surface area contributed by atoms with Crippen molar-refractivity contribution in [1.82, 2.24) is 10.6 Å². The minimum atomic E-state index is -0.847. The number of hydrogen-bond donors (Lipinski definition) is 3. The van der Waals surface area contributed by atoms with E-state index in [0.717, 1.165) is 16.7 Å². The molecule has 5 rings (SSSR count). The van der Waals surface area contributed by atoms with Gasteiger partial charge in [-0.3, -0.25) is 9.59 Å². The van der Waals surface area contributed by atoms with Gasteiger partial charge in [-0.1, -0.05) is 78.3 Å². The Balaban J connectivity index is 0.00000480. The van der Waals surface area contributed by atoms with Gasteiger partial charge in [-0.05, 0) is 83.6 Å². The van der Waals surface area contributed by atoms with Crippen molar-refractivity contribution in [2.24, 2.45) is 5.73 Å². The maximum atomic E-state index is 14.0. The quantitative estimate of drug-likeness (QED) is 0.134. The van der Waals surface area contributed by atoms with E-state index in [1.54, 1.807) is 43.3 Å². The zero-order chi connectivity index (χ0) is 31.8. The number of rotatable bonds is 11. The first-order valence-electron chi connectivity index (χ1n) is 14.6. The molecule has 1 unspecified atom stereocenters. The average Bonchev–Trinajstić information content (AvgIpc) is 3.06. The van der Waals surface area contributed by atoms with Gasteiger partial charge in [0, 0.05) is 35.3 Å². The van der Waals surface area contributed by atoms with Gasteiger partial charge in [0.05, 0.1) is 0 Å². The average molecular weight is 659 g/mol. The summed E-state index contributed by atoms with van der Waals surface area (Å²) in [4.78, 5) is 26.6. The van der Waals surface area contributed by atoms with E-state index < -0.39 is 11.9 Å². The van der Waals surface area contributed by atoms with Crippen molar-refractivity contribution in [3.63, 3.8) is 0 Å². The first kappa shape index (κ1) is 34.2. The Morgan fingerprint density at radius 3 is 2.37 bits per heavy atom. The molecule has 4 N–H and O–H groups in total. The predicted octanol–water partition coefficient (Wildman–Crippen LogP) is 7.96. The molecule has 0 aliphatic rings. The monoisotopic (exact) mass is 657 g/mol. The molecule has 6 nitrogen and oxygen atoms in total. The fourth-order valence-electron chi connectivity index (χ4n) is 4.96. The van der Waals surface area contributed by atoms with Crippen molar-refractivity contribution in [2.75, 3.05) is 6.54 Å². The molecule has 0 radical (unpaired) electrons. The Kier molecular flexibility index (Phi) is 11.9. The van der Waals surface area contributed by atoms with Crippen LogP contribution in [-0.4, -0.2) is 24.4 Å². The molecule has 46 heavy (non-hydrogen) atoms. The topological polar surface area (TPSA) is 93.4 Å². The van der Waals surface area contributed by atoms with Crippen LogP contribution in [0.15, 0.2) is 115 Å². The lowest BCUT2D eigenvalue weighted by molar-refractivity contribution is -0.122. The summed E-state index contributed by atoms with van der Waals surface area (Å²) in [5.74, 6) is -0.107. The van der Waals surface area contributed by atoms with Crippen LogP contribution in [0.3, 0.4) is 0 Å². The highest BCUT2D eigenvalue weighted by Gasteiger charge is 2.22. The molecular weight excluding hydrogens is 624 g/mol. The van der Waals surface area contributed by atoms with Crippen LogP contribution in [0.2, 0.25) is 5.02 Å². The summed E-state index contributed by atoms with van der Waals surface area (Å²) < 4.78 is 20.3. The number of carbonyl (C=O) groups excluding carboxylic acids is 2. The largest absolute Gasteiger partial charge is 0.457 e. The molecule has 1 atom stereocenters. The number of halogens is 3. The fraction of sp³-hybridized carbons (Fsp3) is 0.135. The Labute approximate surface area is 279 Å². The maximum absolute atomic E-state index is 14.0. The first-order chi connectivity index (χ1) is 21.8. The van der Waals surface area contributed by atoms with E-state index >= 15 is 0 Å². The second-order valence-corrected chi connectivity index (χ2v) is 11.0. The third kappa shape index (κ3) is 8.52. The highest BCUT2D eigenvalue weighted by Crippen LogP contribution is 2.39. The summed E-state index contributed by atoms with van der Waals surface area (Å²) in [5, 5.41) is 6.06. The number of carbonyl (C=O) groups is 2. The molecule has 0 aliphatic heterocycles. The molecule has 0 spiro atoms. The lowest BCUT2D eigenvalue weighted by Gasteiger charge is -2.19. The molecule has 0 saturated carbocycles. The maximum Gasteiger partial charge on any atom is 0.252 e. The Hall–Kier alpha value is -4.69. The van der Waals surface area contributed by atoms with Crippen LogP contribution >= 0.6 is 24.0 Å². The number of benzene rings is 5. The van der Waals surface area contributed by atoms with Gasteiger partial charge < -0.3 is 21.1 Å². The number of ether oxygens (including phenoxy) is 1. The summed E-state index contributed by atoms with van der Waals surface area (Å²) in [6.45, 7) is 2.20. The van der Waals surface area contributed by atoms with Crippen molar-refractivity contribution in [2.45, 2.75) is 25.9 Å². The second kappa shape index (κ2) is 16.0. The van der Waals surface area contributed by atoms with E-state index in [1.807, 2.05) is 72.8 Å². The van der Waals surface area contributed by atoms with Gasteiger partial charge in [0.2, 0.25) is 5.91 Å². The summed E-state index contributed by atoms with van der Waals surface area (Å²) in [6, 6.07) is 33.6. The third-order valence-electron chi connectivity index (χ3n) is 7.36. The Morgan fingerprint density at radius 1 is 0.848 bits per heavy atom. The lowest BCUT2D eigenvalue weighted by Crippen LogP contribution is -2.45. The zero-order valence-corrected chi connectivity index (χ0v) is 26.7. The van der Waals surface area contributed by atoms with Gasteiger partial charge in [0.15, 0.2) is 0 Å². The second-order valence-electron chi connectivity index (χ2n) is 10.5. The summed E-state index contributed by atoms with van der Waals surface area (Å²) in [6.07, 6.45) is 0.331. The van der Waals surface area contributed by atoms with E-state index in [4.69, 9.17) is 22.1 Å². The van der Waals surface area contributed by atoms with Gasteiger partial charge in [0.25, 0.3) is 5.91 Å². The third-order valence-corrected chi connectivity index (χ3v) is 7.59. The first-order valence-corrected chi connectivity index (χ1v) is 15.0. The minimum absolute atomic E-state index is 0. The van der Waals surface area contributed by atoms with Crippen LogP contribution in [-0.2, 0) is 17.8 Å². The van der Waals surface area contributed by atoms with Gasteiger partial charge in [0.1, 0.15) is 23.4 Å². The molecule has 0 aliphatic carbocycles. The van der Waals surface area contributed by atoms with Crippen molar-refractivity contribution in [3.8, 4) is 33.8 Å². The Morgan fingerprint density at radius 2 is 1.61 bits per heavy atom. The summed E-state index contributed by atoms with van der Waals surface area (Å²) in [7, 11) is 0. The highest BCUT2D eigenvalue weighted by atomic mass is 35.5. The van der Waals surface area contributed by atoms with Crippen LogP contribution in [0.25, 0.3) is 22.3 Å². The van der Waals surface area contributed by atoms with Crippen LogP contribution < -0.4 is 21.1 Å². The molecule has 0 saturated heterocycles. The molecule has 0 aromatic heterocycles. The minimum Gasteiger partial charge on any atom is -0.457 e. The van der Waals surface area contributed by atoms with E-state index in [0.29, 0.717) is 51.7 Å². The van der Waals surface area contributed by atoms with E-state index in [-0.39, 0.29) is 30.7 Å². The SMILES string of the molecule is CC(NC(=O)c1ccc(-c2ccccc2)cc1-c1ccc(Cl)cc1Oc1cccc(CN)c1)C(=O)NCCc1ccccc1F.Cl. The fourth-order valence-corrected chi connectivity index (χ4v) is 5.12. The molecule has 0 bridgehead atoms. The van der Waals surface area contributed by atoms with Crippen molar-refractivity contribution < 1.29 is 18.7 Å².